The highest BCUT2D eigenvalue weighted by Crippen LogP contribution is 2.48. The SMILES string of the molecule is C=C1CC2C(CCc3ccc4c(oc5cc(-c6cccc(F)c6)ccc54)c3-c3n(-c4c(C(C)C)cccc4C(C)C)c4ccccc4[n+]31)c1ccccc1-c1ccc([Si](C)(C)C)c[n+]12. The molecule has 3 aromatic heterocycles. The fourth-order valence-electron chi connectivity index (χ4n) is 11.0. The number of aromatic nitrogens is 3. The quantitative estimate of drug-likeness (QED) is 0.125. The van der Waals surface area contributed by atoms with Crippen molar-refractivity contribution in [3.8, 4) is 39.5 Å². The second kappa shape index (κ2) is 15.1. The van der Waals surface area contributed by atoms with Gasteiger partial charge in [0, 0.05) is 44.6 Å². The predicted molar refractivity (Wildman–Crippen MR) is 265 cm³/mol. The van der Waals surface area contributed by atoms with Gasteiger partial charge < -0.3 is 4.42 Å². The molecule has 0 saturated heterocycles. The van der Waals surface area contributed by atoms with Crippen LogP contribution in [0.5, 0.6) is 0 Å². The molecule has 0 saturated carbocycles. The minimum Gasteiger partial charge on any atom is -0.455 e. The monoisotopic (exact) mass is 857 g/mol. The van der Waals surface area contributed by atoms with Gasteiger partial charge in [0.15, 0.2) is 28.9 Å². The Morgan fingerprint density at radius 1 is 0.750 bits per heavy atom. The van der Waals surface area contributed by atoms with Crippen LogP contribution in [0.1, 0.15) is 86.6 Å². The van der Waals surface area contributed by atoms with E-state index < -0.39 is 8.07 Å². The number of rotatable bonds is 5. The van der Waals surface area contributed by atoms with E-state index in [2.05, 4.69) is 176 Å². The van der Waals surface area contributed by atoms with Gasteiger partial charge in [0.2, 0.25) is 5.69 Å². The average Bonchev–Trinajstić information content (AvgIpc) is 3.83. The first-order chi connectivity index (χ1) is 30.9. The number of fused-ring (bicyclic) bond motifs is 15. The molecule has 2 aliphatic rings. The normalized spacial score (nSPS) is 16.2. The van der Waals surface area contributed by atoms with Crippen LogP contribution in [0.15, 0.2) is 151 Å². The van der Waals surface area contributed by atoms with Gasteiger partial charge in [-0.15, -0.1) is 0 Å². The van der Waals surface area contributed by atoms with Crippen molar-refractivity contribution in [2.45, 2.75) is 90.4 Å². The summed E-state index contributed by atoms with van der Waals surface area (Å²) in [5, 5.41) is 3.57. The Labute approximate surface area is 377 Å². The summed E-state index contributed by atoms with van der Waals surface area (Å²) < 4.78 is 29.5. The molecule has 2 unspecified atom stereocenters. The molecule has 4 nitrogen and oxygen atoms in total. The molecule has 9 aromatic rings. The molecule has 5 heterocycles. The second-order valence-electron chi connectivity index (χ2n) is 19.9. The molecule has 0 radical (unpaired) electrons. The molecular weight excluding hydrogens is 802 g/mol. The summed E-state index contributed by atoms with van der Waals surface area (Å²) in [7, 11) is -1.65. The maximum absolute atomic E-state index is 14.5. The van der Waals surface area contributed by atoms with Gasteiger partial charge in [-0.25, -0.2) is 4.39 Å². The molecule has 0 spiro atoms. The Hall–Kier alpha value is -6.37. The van der Waals surface area contributed by atoms with E-state index in [9.17, 15) is 4.39 Å². The number of nitrogens with zero attached hydrogens (tertiary/aromatic N) is 3. The van der Waals surface area contributed by atoms with E-state index in [-0.39, 0.29) is 29.6 Å². The number of furan rings is 1. The maximum Gasteiger partial charge on any atom is 0.304 e. The van der Waals surface area contributed by atoms with Crippen LogP contribution in [0.2, 0.25) is 19.6 Å². The summed E-state index contributed by atoms with van der Waals surface area (Å²) in [6.45, 7) is 21.7. The van der Waals surface area contributed by atoms with Crippen molar-refractivity contribution in [1.29, 1.82) is 0 Å². The van der Waals surface area contributed by atoms with E-state index >= 15 is 0 Å². The highest BCUT2D eigenvalue weighted by Gasteiger charge is 2.45. The third-order valence-corrected chi connectivity index (χ3v) is 16.3. The molecule has 2 aliphatic heterocycles. The third kappa shape index (κ3) is 6.35. The van der Waals surface area contributed by atoms with Gasteiger partial charge in [-0.3, -0.25) is 0 Å². The van der Waals surface area contributed by atoms with Gasteiger partial charge in [0.25, 0.3) is 0 Å². The maximum atomic E-state index is 14.5. The Balaban J connectivity index is 1.25. The Bertz CT molecular complexity index is 3340. The van der Waals surface area contributed by atoms with E-state index in [1.54, 1.807) is 12.1 Å². The van der Waals surface area contributed by atoms with Crippen LogP contribution in [-0.2, 0) is 6.42 Å². The van der Waals surface area contributed by atoms with Crippen molar-refractivity contribution in [2.24, 2.45) is 0 Å². The van der Waals surface area contributed by atoms with E-state index in [0.717, 1.165) is 80.4 Å². The molecule has 0 amide bonds. The summed E-state index contributed by atoms with van der Waals surface area (Å²) in [6.07, 6.45) is 5.08. The van der Waals surface area contributed by atoms with Crippen molar-refractivity contribution < 1.29 is 17.9 Å². The lowest BCUT2D eigenvalue weighted by Crippen LogP contribution is -2.53. The van der Waals surface area contributed by atoms with Crippen molar-refractivity contribution in [3.63, 3.8) is 0 Å². The lowest BCUT2D eigenvalue weighted by Gasteiger charge is -2.32. The first kappa shape index (κ1) is 40.4. The average molecular weight is 858 g/mol. The van der Waals surface area contributed by atoms with Gasteiger partial charge >= 0.3 is 5.82 Å². The van der Waals surface area contributed by atoms with Gasteiger partial charge in [-0.2, -0.15) is 13.7 Å². The van der Waals surface area contributed by atoms with Crippen LogP contribution in [0.25, 0.3) is 78.1 Å². The fraction of sp³-hybridized carbons (Fsp3) is 0.241. The standard InChI is InChI=1S/C58H56FN3OSi/c1-35(2)43-19-14-20-44(36(3)4)56(43)62-52-22-12-11-21-51(52)61-37(5)31-53-47(45-17-9-10-18-46(45)50-30-26-42(34-60(50)53)64(6,7)8)27-23-38-24-29-49-48-28-25-40(39-15-13-16-41(59)32-39)33-54(48)63-57(49)55(38)58(61)62/h9-22,24-26,28-30,32-36,47,53H,5,23,27,31H2,1-4,6-8H3/q+2. The highest BCUT2D eigenvalue weighted by atomic mass is 28.3. The smallest absolute Gasteiger partial charge is 0.304 e. The fourth-order valence-corrected chi connectivity index (χ4v) is 12.2. The number of hydrogen-bond donors (Lipinski definition) is 0. The highest BCUT2D eigenvalue weighted by molar-refractivity contribution is 6.88. The van der Waals surface area contributed by atoms with E-state index in [1.807, 2.05) is 6.07 Å². The van der Waals surface area contributed by atoms with Crippen LogP contribution in [0.3, 0.4) is 0 Å². The van der Waals surface area contributed by atoms with Crippen molar-refractivity contribution in [3.05, 3.63) is 174 Å². The van der Waals surface area contributed by atoms with Crippen LogP contribution >= 0.6 is 0 Å². The molecule has 318 valence electrons. The molecule has 0 aliphatic carbocycles. The zero-order chi connectivity index (χ0) is 44.2. The molecule has 0 N–H and O–H groups in total. The number of imidazole rings is 1. The Morgan fingerprint density at radius 3 is 2.23 bits per heavy atom. The lowest BCUT2D eigenvalue weighted by molar-refractivity contribution is -0.719. The molecular formula is C58H56FN3OSi+2. The number of hydrogen-bond acceptors (Lipinski definition) is 1. The summed E-state index contributed by atoms with van der Waals surface area (Å²) in [6, 6.07) is 47.6. The number of para-hydroxylation sites is 3. The summed E-state index contributed by atoms with van der Waals surface area (Å²) in [4.78, 5) is 0. The molecule has 0 fully saturated rings. The molecule has 64 heavy (non-hydrogen) atoms. The van der Waals surface area contributed by atoms with E-state index in [1.165, 1.54) is 50.5 Å². The third-order valence-electron chi connectivity index (χ3n) is 14.2. The Morgan fingerprint density at radius 2 is 1.47 bits per heavy atom. The molecule has 2 atom stereocenters. The van der Waals surface area contributed by atoms with Gasteiger partial charge in [-0.05, 0) is 89.4 Å². The molecule has 6 heteroatoms. The molecule has 6 aromatic carbocycles. The lowest BCUT2D eigenvalue weighted by atomic mass is 9.77. The van der Waals surface area contributed by atoms with Crippen LogP contribution in [0.4, 0.5) is 4.39 Å². The number of aryl methyl sites for hydroxylation is 1. The van der Waals surface area contributed by atoms with Gasteiger partial charge in [0.1, 0.15) is 28.3 Å². The number of pyridine rings is 1. The van der Waals surface area contributed by atoms with Crippen molar-refractivity contribution in [2.75, 3.05) is 0 Å². The zero-order valence-electron chi connectivity index (χ0n) is 38.0. The molecule has 11 rings (SSSR count). The van der Waals surface area contributed by atoms with Crippen molar-refractivity contribution >= 4 is 51.9 Å². The molecule has 0 bridgehead atoms. The van der Waals surface area contributed by atoms with Crippen LogP contribution in [-0.4, -0.2) is 12.6 Å². The summed E-state index contributed by atoms with van der Waals surface area (Å²) in [5.74, 6) is 1.62. The van der Waals surface area contributed by atoms with Crippen LogP contribution in [0, 0.1) is 5.82 Å². The van der Waals surface area contributed by atoms with Gasteiger partial charge in [-0.1, -0.05) is 139 Å². The number of halogens is 1. The van der Waals surface area contributed by atoms with Crippen LogP contribution < -0.4 is 14.3 Å². The minimum atomic E-state index is -1.65. The summed E-state index contributed by atoms with van der Waals surface area (Å²) in [5.41, 5.74) is 16.9. The Kier molecular flexibility index (Phi) is 9.55. The predicted octanol–water partition coefficient (Wildman–Crippen LogP) is 14.2. The second-order valence-corrected chi connectivity index (χ2v) is 25.0. The first-order valence-corrected chi connectivity index (χ1v) is 26.6. The van der Waals surface area contributed by atoms with E-state index in [0.29, 0.717) is 0 Å². The zero-order valence-corrected chi connectivity index (χ0v) is 39.0. The van der Waals surface area contributed by atoms with E-state index in [4.69, 9.17) is 11.0 Å². The number of allylic oxidation sites excluding steroid dienone is 1. The first-order valence-electron chi connectivity index (χ1n) is 23.1. The number of benzene rings is 6. The topological polar surface area (TPSA) is 25.8 Å². The van der Waals surface area contributed by atoms with Gasteiger partial charge in [0.05, 0.1) is 14.5 Å². The summed E-state index contributed by atoms with van der Waals surface area (Å²) >= 11 is 0. The van der Waals surface area contributed by atoms with Crippen molar-refractivity contribution in [1.82, 2.24) is 4.57 Å². The largest absolute Gasteiger partial charge is 0.455 e. The minimum absolute atomic E-state index is 0.156.